The van der Waals surface area contributed by atoms with Gasteiger partial charge >= 0.3 is 0 Å². The quantitative estimate of drug-likeness (QED) is 0.924. The van der Waals surface area contributed by atoms with Crippen molar-refractivity contribution in [3.63, 3.8) is 0 Å². The minimum absolute atomic E-state index is 0.0357. The molecule has 2 aromatic rings. The fourth-order valence-electron chi connectivity index (χ4n) is 3.16. The summed E-state index contributed by atoms with van der Waals surface area (Å²) in [6.45, 7) is 4.62. The van der Waals surface area contributed by atoms with Gasteiger partial charge in [-0.3, -0.25) is 9.48 Å². The number of aryl methyl sites for hydroxylation is 2. The van der Waals surface area contributed by atoms with Crippen molar-refractivity contribution in [2.45, 2.75) is 26.3 Å². The van der Waals surface area contributed by atoms with Crippen LogP contribution in [0, 0.1) is 19.8 Å². The van der Waals surface area contributed by atoms with E-state index in [-0.39, 0.29) is 17.9 Å². The molecule has 0 radical (unpaired) electrons. The normalized spacial score (nSPS) is 21.0. The molecule has 0 aromatic carbocycles. The molecule has 1 saturated heterocycles. The second-order valence-corrected chi connectivity index (χ2v) is 6.13. The Balaban J connectivity index is 1.79. The second kappa shape index (κ2) is 5.98. The summed E-state index contributed by atoms with van der Waals surface area (Å²) in [7, 11) is 3.78. The van der Waals surface area contributed by atoms with E-state index in [9.17, 15) is 4.79 Å². The third-order valence-electron chi connectivity index (χ3n) is 4.60. The van der Waals surface area contributed by atoms with Crippen molar-refractivity contribution in [1.82, 2.24) is 24.6 Å². The first-order valence-corrected chi connectivity index (χ1v) is 7.75. The molecule has 2 aromatic heterocycles. The van der Waals surface area contributed by atoms with Crippen LogP contribution in [0.5, 0.6) is 0 Å². The van der Waals surface area contributed by atoms with Crippen molar-refractivity contribution in [3.8, 4) is 0 Å². The van der Waals surface area contributed by atoms with Gasteiger partial charge in [0.15, 0.2) is 0 Å². The highest BCUT2D eigenvalue weighted by Crippen LogP contribution is 2.38. The number of carbonyl (C=O) groups excluding carboxylic acids is 1. The largest absolute Gasteiger partial charge is 0.354 e. The van der Waals surface area contributed by atoms with Gasteiger partial charge in [-0.1, -0.05) is 0 Å². The van der Waals surface area contributed by atoms with Gasteiger partial charge < -0.3 is 10.2 Å². The second-order valence-electron chi connectivity index (χ2n) is 6.13. The number of nitrogens with one attached hydrogen (secondary N) is 1. The summed E-state index contributed by atoms with van der Waals surface area (Å²) in [5.41, 5.74) is 3.12. The van der Waals surface area contributed by atoms with E-state index < -0.39 is 0 Å². The number of amides is 1. The van der Waals surface area contributed by atoms with Gasteiger partial charge in [0.05, 0.1) is 12.2 Å². The Morgan fingerprint density at radius 1 is 1.35 bits per heavy atom. The molecule has 0 bridgehead atoms. The van der Waals surface area contributed by atoms with Crippen LogP contribution < -0.4 is 5.32 Å². The van der Waals surface area contributed by atoms with E-state index in [0.29, 0.717) is 18.9 Å². The van der Waals surface area contributed by atoms with E-state index >= 15 is 0 Å². The van der Waals surface area contributed by atoms with E-state index in [2.05, 4.69) is 20.4 Å². The van der Waals surface area contributed by atoms with Gasteiger partial charge in [0.25, 0.3) is 0 Å². The molecule has 0 unspecified atom stereocenters. The van der Waals surface area contributed by atoms with Crippen molar-refractivity contribution < 1.29 is 4.79 Å². The first-order chi connectivity index (χ1) is 11.0. The molecular formula is C16H22N6O. The minimum atomic E-state index is 0.0357. The number of hydrogen-bond donors (Lipinski definition) is 1. The van der Waals surface area contributed by atoms with Gasteiger partial charge in [0, 0.05) is 56.1 Å². The smallest absolute Gasteiger partial charge is 0.223 e. The molecular weight excluding hydrogens is 292 g/mol. The fourth-order valence-corrected chi connectivity index (χ4v) is 3.16. The van der Waals surface area contributed by atoms with Gasteiger partial charge in [0.2, 0.25) is 11.9 Å². The molecule has 1 aliphatic heterocycles. The van der Waals surface area contributed by atoms with Gasteiger partial charge in [-0.15, -0.1) is 0 Å². The highest BCUT2D eigenvalue weighted by molar-refractivity contribution is 5.79. The van der Waals surface area contributed by atoms with Gasteiger partial charge in [-0.25, -0.2) is 9.97 Å². The lowest BCUT2D eigenvalue weighted by atomic mass is 9.94. The van der Waals surface area contributed by atoms with Crippen LogP contribution in [-0.4, -0.2) is 44.1 Å². The molecule has 1 amide bonds. The summed E-state index contributed by atoms with van der Waals surface area (Å²) < 4.78 is 1.85. The summed E-state index contributed by atoms with van der Waals surface area (Å²) in [4.78, 5) is 22.6. The maximum Gasteiger partial charge on any atom is 0.223 e. The molecule has 1 aliphatic rings. The highest BCUT2D eigenvalue weighted by atomic mass is 16.2. The monoisotopic (exact) mass is 314 g/mol. The van der Waals surface area contributed by atoms with Crippen LogP contribution in [0.1, 0.15) is 29.4 Å². The lowest BCUT2D eigenvalue weighted by Gasteiger charge is -2.25. The predicted molar refractivity (Wildman–Crippen MR) is 86.8 cm³/mol. The van der Waals surface area contributed by atoms with Crippen LogP contribution in [-0.2, 0) is 11.8 Å². The van der Waals surface area contributed by atoms with Crippen LogP contribution in [0.2, 0.25) is 0 Å². The zero-order valence-corrected chi connectivity index (χ0v) is 13.9. The molecule has 122 valence electrons. The molecule has 1 fully saturated rings. The van der Waals surface area contributed by atoms with Gasteiger partial charge in [-0.2, -0.15) is 5.10 Å². The van der Waals surface area contributed by atoms with E-state index in [4.69, 9.17) is 0 Å². The van der Waals surface area contributed by atoms with Crippen molar-refractivity contribution in [3.05, 3.63) is 35.4 Å². The number of anilines is 1. The molecule has 3 heterocycles. The fraction of sp³-hybridized carbons (Fsp3) is 0.500. The Labute approximate surface area is 135 Å². The van der Waals surface area contributed by atoms with Crippen LogP contribution in [0.3, 0.4) is 0 Å². The summed E-state index contributed by atoms with van der Waals surface area (Å²) in [6, 6.07) is 1.90. The first-order valence-electron chi connectivity index (χ1n) is 7.75. The van der Waals surface area contributed by atoms with E-state index in [1.54, 1.807) is 6.20 Å². The van der Waals surface area contributed by atoms with Crippen LogP contribution in [0.15, 0.2) is 18.5 Å². The van der Waals surface area contributed by atoms with Crippen molar-refractivity contribution in [2.75, 3.05) is 18.9 Å². The number of hydrogen-bond acceptors (Lipinski definition) is 5. The van der Waals surface area contributed by atoms with Crippen LogP contribution in [0.4, 0.5) is 5.95 Å². The van der Waals surface area contributed by atoms with Gasteiger partial charge in [0.1, 0.15) is 0 Å². The maximum absolute atomic E-state index is 12.2. The average Bonchev–Trinajstić information content (AvgIpc) is 2.98. The minimum Gasteiger partial charge on any atom is -0.354 e. The number of nitrogens with zero attached hydrogens (tertiary/aromatic N) is 5. The zero-order chi connectivity index (χ0) is 16.6. The summed E-state index contributed by atoms with van der Waals surface area (Å²) in [5.74, 6) is 0.934. The molecule has 0 aliphatic carbocycles. The molecule has 7 nitrogen and oxygen atoms in total. The Kier molecular flexibility index (Phi) is 4.02. The Bertz CT molecular complexity index is 725. The molecule has 23 heavy (non-hydrogen) atoms. The molecule has 1 N–H and O–H groups in total. The lowest BCUT2D eigenvalue weighted by Crippen LogP contribution is -2.27. The average molecular weight is 314 g/mol. The predicted octanol–water partition coefficient (Wildman–Crippen LogP) is 1.46. The zero-order valence-electron chi connectivity index (χ0n) is 13.9. The summed E-state index contributed by atoms with van der Waals surface area (Å²) in [5, 5.41) is 7.58. The first kappa shape index (κ1) is 15.5. The standard InChI is InChI=1S/C16H22N6O/c1-10-5-6-17-16(20-10)18-8-12-7-14(23)21(3)15(12)13-9-19-22(4)11(13)2/h5-6,9,12,15H,7-8H2,1-4H3,(H,17,18,20)/t12-,15+/m0/s1. The lowest BCUT2D eigenvalue weighted by molar-refractivity contribution is -0.127. The Morgan fingerprint density at radius 2 is 2.13 bits per heavy atom. The Hall–Kier alpha value is -2.44. The summed E-state index contributed by atoms with van der Waals surface area (Å²) >= 11 is 0. The molecule has 3 rings (SSSR count). The van der Waals surface area contributed by atoms with Crippen LogP contribution in [0.25, 0.3) is 0 Å². The maximum atomic E-state index is 12.2. The van der Waals surface area contributed by atoms with Crippen molar-refractivity contribution >= 4 is 11.9 Å². The third kappa shape index (κ3) is 2.91. The van der Waals surface area contributed by atoms with Gasteiger partial charge in [-0.05, 0) is 19.9 Å². The molecule has 0 spiro atoms. The third-order valence-corrected chi connectivity index (χ3v) is 4.60. The van der Waals surface area contributed by atoms with E-state index in [1.165, 1.54) is 0 Å². The van der Waals surface area contributed by atoms with E-state index in [0.717, 1.165) is 17.0 Å². The molecule has 2 atom stereocenters. The number of rotatable bonds is 4. The highest BCUT2D eigenvalue weighted by Gasteiger charge is 2.39. The number of carbonyl (C=O) groups is 1. The van der Waals surface area contributed by atoms with Crippen LogP contribution >= 0.6 is 0 Å². The van der Waals surface area contributed by atoms with E-state index in [1.807, 2.05) is 49.8 Å². The number of likely N-dealkylation sites (tertiary alicyclic amines) is 1. The topological polar surface area (TPSA) is 75.9 Å². The van der Waals surface area contributed by atoms with Crippen molar-refractivity contribution in [2.24, 2.45) is 13.0 Å². The number of aromatic nitrogens is 4. The SMILES string of the molecule is Cc1ccnc(NC[C@@H]2CC(=O)N(C)[C@H]2c2cnn(C)c2C)n1. The Morgan fingerprint density at radius 3 is 2.78 bits per heavy atom. The summed E-state index contributed by atoms with van der Waals surface area (Å²) in [6.07, 6.45) is 4.12. The van der Waals surface area contributed by atoms with Crippen molar-refractivity contribution in [1.29, 1.82) is 0 Å². The molecule has 0 saturated carbocycles. The molecule has 7 heteroatoms.